The van der Waals surface area contributed by atoms with E-state index in [1.165, 1.54) is 51.6 Å². The van der Waals surface area contributed by atoms with Gasteiger partial charge in [-0.25, -0.2) is 0 Å². The van der Waals surface area contributed by atoms with E-state index in [0.717, 1.165) is 38.6 Å². The molecule has 0 radical (unpaired) electrons. The van der Waals surface area contributed by atoms with Crippen molar-refractivity contribution in [1.82, 2.24) is 15.5 Å². The molecule has 0 unspecified atom stereocenters. The first-order chi connectivity index (χ1) is 11.6. The molecular formula is C19H38N4O. The van der Waals surface area contributed by atoms with Gasteiger partial charge in [0.15, 0.2) is 5.96 Å². The van der Waals surface area contributed by atoms with Gasteiger partial charge in [-0.15, -0.1) is 0 Å². The van der Waals surface area contributed by atoms with Gasteiger partial charge in [-0.3, -0.25) is 4.99 Å². The summed E-state index contributed by atoms with van der Waals surface area (Å²) in [7, 11) is 1.78. The van der Waals surface area contributed by atoms with Crippen molar-refractivity contribution in [1.29, 1.82) is 0 Å². The molecule has 2 fully saturated rings. The van der Waals surface area contributed by atoms with E-state index in [1.54, 1.807) is 7.11 Å². The molecule has 0 atom stereocenters. The molecule has 0 aromatic rings. The summed E-state index contributed by atoms with van der Waals surface area (Å²) in [6.45, 7) is 10.8. The van der Waals surface area contributed by atoms with Crippen LogP contribution in [0.5, 0.6) is 0 Å². The Balaban J connectivity index is 1.74. The maximum Gasteiger partial charge on any atom is 0.191 e. The Morgan fingerprint density at radius 1 is 1.25 bits per heavy atom. The predicted octanol–water partition coefficient (Wildman–Crippen LogP) is 2.62. The van der Waals surface area contributed by atoms with Crippen LogP contribution in [0.3, 0.4) is 0 Å². The van der Waals surface area contributed by atoms with E-state index < -0.39 is 0 Å². The molecule has 140 valence electrons. The van der Waals surface area contributed by atoms with Gasteiger partial charge < -0.3 is 20.3 Å². The summed E-state index contributed by atoms with van der Waals surface area (Å²) in [5.74, 6) is 1.02. The average Bonchev–Trinajstić information content (AvgIpc) is 3.02. The molecular weight excluding hydrogens is 300 g/mol. The number of ether oxygens (including phenoxy) is 1. The van der Waals surface area contributed by atoms with E-state index in [9.17, 15) is 0 Å². The van der Waals surface area contributed by atoms with Crippen LogP contribution in [-0.4, -0.2) is 63.3 Å². The molecule has 2 rings (SSSR count). The van der Waals surface area contributed by atoms with E-state index in [2.05, 4.69) is 29.4 Å². The lowest BCUT2D eigenvalue weighted by atomic mass is 9.89. The minimum absolute atomic E-state index is 0.424. The first-order valence-corrected chi connectivity index (χ1v) is 9.91. The van der Waals surface area contributed by atoms with Gasteiger partial charge >= 0.3 is 0 Å². The van der Waals surface area contributed by atoms with Crippen LogP contribution in [-0.2, 0) is 4.74 Å². The number of guanidine groups is 1. The third-order valence-corrected chi connectivity index (χ3v) is 5.52. The second-order valence-electron chi connectivity index (χ2n) is 7.82. The summed E-state index contributed by atoms with van der Waals surface area (Å²) in [6.07, 6.45) is 8.95. The zero-order chi connectivity index (χ0) is 17.3. The molecule has 5 nitrogen and oxygen atoms in total. The standard InChI is InChI=1S/C19H38N4O/c1-4-20-18(21-16-19(2)10-5-6-11-19)22-17-8-13-23(14-9-17)12-7-15-24-3/h17H,4-16H2,1-3H3,(H2,20,21,22). The molecule has 24 heavy (non-hydrogen) atoms. The molecule has 0 aromatic heterocycles. The highest BCUT2D eigenvalue weighted by atomic mass is 16.5. The van der Waals surface area contributed by atoms with Crippen LogP contribution in [0, 0.1) is 5.41 Å². The second kappa shape index (κ2) is 10.2. The molecule has 2 aliphatic rings. The third kappa shape index (κ3) is 6.60. The molecule has 0 amide bonds. The van der Waals surface area contributed by atoms with Crippen molar-refractivity contribution < 1.29 is 4.74 Å². The maximum atomic E-state index is 5.15. The molecule has 0 bridgehead atoms. The minimum Gasteiger partial charge on any atom is -0.385 e. The van der Waals surface area contributed by atoms with E-state index in [0.29, 0.717) is 11.5 Å². The summed E-state index contributed by atoms with van der Waals surface area (Å²) in [5.41, 5.74) is 0.424. The van der Waals surface area contributed by atoms with Crippen molar-refractivity contribution in [3.05, 3.63) is 0 Å². The average molecular weight is 339 g/mol. The fraction of sp³-hybridized carbons (Fsp3) is 0.947. The van der Waals surface area contributed by atoms with E-state index in [1.807, 2.05) is 0 Å². The summed E-state index contributed by atoms with van der Waals surface area (Å²) in [4.78, 5) is 7.46. The van der Waals surface area contributed by atoms with Crippen LogP contribution in [0.1, 0.15) is 58.8 Å². The Hall–Kier alpha value is -0.810. The SMILES string of the molecule is CCNC(=NCC1(C)CCCC1)NC1CCN(CCCOC)CC1. The van der Waals surface area contributed by atoms with Crippen LogP contribution in [0.25, 0.3) is 0 Å². The lowest BCUT2D eigenvalue weighted by Crippen LogP contribution is -2.49. The number of hydrogen-bond donors (Lipinski definition) is 2. The molecule has 1 aliphatic heterocycles. The van der Waals surface area contributed by atoms with Gasteiger partial charge in [-0.1, -0.05) is 19.8 Å². The Kier molecular flexibility index (Phi) is 8.33. The number of hydrogen-bond acceptors (Lipinski definition) is 3. The van der Waals surface area contributed by atoms with Crippen molar-refractivity contribution >= 4 is 5.96 Å². The van der Waals surface area contributed by atoms with Crippen molar-refractivity contribution in [2.24, 2.45) is 10.4 Å². The zero-order valence-corrected chi connectivity index (χ0v) is 16.1. The van der Waals surface area contributed by atoms with Crippen molar-refractivity contribution in [3.63, 3.8) is 0 Å². The van der Waals surface area contributed by atoms with Gasteiger partial charge in [-0.05, 0) is 44.4 Å². The quantitative estimate of drug-likeness (QED) is 0.406. The van der Waals surface area contributed by atoms with E-state index >= 15 is 0 Å². The molecule has 2 N–H and O–H groups in total. The largest absolute Gasteiger partial charge is 0.385 e. The minimum atomic E-state index is 0.424. The highest BCUT2D eigenvalue weighted by Crippen LogP contribution is 2.37. The number of nitrogens with zero attached hydrogens (tertiary/aromatic N) is 2. The van der Waals surface area contributed by atoms with Gasteiger partial charge in [0.1, 0.15) is 0 Å². The van der Waals surface area contributed by atoms with Crippen LogP contribution < -0.4 is 10.6 Å². The molecule has 0 spiro atoms. The second-order valence-corrected chi connectivity index (χ2v) is 7.82. The van der Waals surface area contributed by atoms with Crippen molar-refractivity contribution in [2.45, 2.75) is 64.8 Å². The molecule has 1 aliphatic carbocycles. The third-order valence-electron chi connectivity index (χ3n) is 5.52. The van der Waals surface area contributed by atoms with E-state index in [-0.39, 0.29) is 0 Å². The Bertz CT molecular complexity index is 372. The molecule has 0 aromatic carbocycles. The van der Waals surface area contributed by atoms with E-state index in [4.69, 9.17) is 9.73 Å². The highest BCUT2D eigenvalue weighted by molar-refractivity contribution is 5.80. The van der Waals surface area contributed by atoms with Gasteiger partial charge in [0.25, 0.3) is 0 Å². The lowest BCUT2D eigenvalue weighted by Gasteiger charge is -2.33. The zero-order valence-electron chi connectivity index (χ0n) is 16.1. The topological polar surface area (TPSA) is 48.9 Å². The summed E-state index contributed by atoms with van der Waals surface area (Å²) in [6, 6.07) is 0.554. The number of piperidine rings is 1. The Morgan fingerprint density at radius 3 is 2.58 bits per heavy atom. The van der Waals surface area contributed by atoms with Crippen molar-refractivity contribution in [3.8, 4) is 0 Å². The van der Waals surface area contributed by atoms with Crippen molar-refractivity contribution in [2.75, 3.05) is 46.4 Å². The van der Waals surface area contributed by atoms with Crippen LogP contribution in [0.4, 0.5) is 0 Å². The number of likely N-dealkylation sites (tertiary alicyclic amines) is 1. The normalized spacial score (nSPS) is 22.7. The predicted molar refractivity (Wildman–Crippen MR) is 102 cm³/mol. The number of rotatable bonds is 8. The number of aliphatic imine (C=N–C) groups is 1. The van der Waals surface area contributed by atoms with Gasteiger partial charge in [0.2, 0.25) is 0 Å². The fourth-order valence-corrected chi connectivity index (χ4v) is 3.90. The summed E-state index contributed by atoms with van der Waals surface area (Å²) >= 11 is 0. The molecule has 5 heteroatoms. The number of nitrogens with one attached hydrogen (secondary N) is 2. The maximum absolute atomic E-state index is 5.15. The Morgan fingerprint density at radius 2 is 1.96 bits per heavy atom. The van der Waals surface area contributed by atoms with Crippen LogP contribution in [0.15, 0.2) is 4.99 Å². The summed E-state index contributed by atoms with van der Waals surface area (Å²) < 4.78 is 5.15. The molecule has 1 saturated heterocycles. The highest BCUT2D eigenvalue weighted by Gasteiger charge is 2.28. The smallest absolute Gasteiger partial charge is 0.191 e. The molecule has 1 saturated carbocycles. The van der Waals surface area contributed by atoms with Gasteiger partial charge in [-0.2, -0.15) is 0 Å². The van der Waals surface area contributed by atoms with Gasteiger partial charge in [0.05, 0.1) is 0 Å². The van der Waals surface area contributed by atoms with Crippen LogP contribution in [0.2, 0.25) is 0 Å². The first-order valence-electron chi connectivity index (χ1n) is 9.91. The Labute approximate surface area is 148 Å². The summed E-state index contributed by atoms with van der Waals surface area (Å²) in [5, 5.41) is 7.11. The molecule has 1 heterocycles. The first kappa shape index (κ1) is 19.5. The monoisotopic (exact) mass is 338 g/mol. The van der Waals surface area contributed by atoms with Gasteiger partial charge in [0, 0.05) is 52.5 Å². The number of methoxy groups -OCH3 is 1. The fourth-order valence-electron chi connectivity index (χ4n) is 3.90. The lowest BCUT2D eigenvalue weighted by molar-refractivity contribution is 0.155. The van der Waals surface area contributed by atoms with Crippen LogP contribution >= 0.6 is 0 Å².